The molecule has 2 unspecified atom stereocenters. The van der Waals surface area contributed by atoms with Gasteiger partial charge in [0.2, 0.25) is 0 Å². The summed E-state index contributed by atoms with van der Waals surface area (Å²) in [4.78, 5) is 11.2. The molecular weight excluding hydrogens is 206 g/mol. The number of aliphatic hydroxyl groups excluding tert-OH is 5. The van der Waals surface area contributed by atoms with Crippen LogP contribution in [0.1, 0.15) is 6.92 Å². The molecule has 0 fully saturated rings. The number of ketones is 1. The average Bonchev–Trinajstić information content (AvgIpc) is 2.23. The van der Waals surface area contributed by atoms with Crippen molar-refractivity contribution in [1.29, 1.82) is 0 Å². The standard InChI is InChI=1S/C8H17NO6/c1-3(10)5(12)7(14)8(15)6(13)4(11)2-9/h3-7,10-14H,2,9H2,1H3/t3?,4-,5?,6+,7+/m0/s1. The van der Waals surface area contributed by atoms with Gasteiger partial charge >= 0.3 is 0 Å². The van der Waals surface area contributed by atoms with E-state index < -0.39 is 36.3 Å². The third kappa shape index (κ3) is 3.82. The maximum Gasteiger partial charge on any atom is 0.195 e. The third-order valence-electron chi connectivity index (χ3n) is 2.01. The third-order valence-corrected chi connectivity index (χ3v) is 2.01. The Morgan fingerprint density at radius 3 is 1.93 bits per heavy atom. The van der Waals surface area contributed by atoms with E-state index in [1.807, 2.05) is 0 Å². The summed E-state index contributed by atoms with van der Waals surface area (Å²) in [7, 11) is 0. The highest BCUT2D eigenvalue weighted by molar-refractivity contribution is 5.88. The van der Waals surface area contributed by atoms with E-state index in [1.165, 1.54) is 6.92 Å². The fraction of sp³-hybridized carbons (Fsp3) is 0.875. The van der Waals surface area contributed by atoms with Gasteiger partial charge in [-0.05, 0) is 6.92 Å². The van der Waals surface area contributed by atoms with Gasteiger partial charge in [-0.25, -0.2) is 0 Å². The molecule has 0 aromatic heterocycles. The largest absolute Gasteiger partial charge is 0.391 e. The molecule has 0 aliphatic rings. The summed E-state index contributed by atoms with van der Waals surface area (Å²) in [5, 5.41) is 45.4. The van der Waals surface area contributed by atoms with Crippen LogP contribution in [-0.2, 0) is 4.79 Å². The summed E-state index contributed by atoms with van der Waals surface area (Å²) >= 11 is 0. The van der Waals surface area contributed by atoms with E-state index in [2.05, 4.69) is 0 Å². The van der Waals surface area contributed by atoms with E-state index in [9.17, 15) is 9.90 Å². The first-order chi connectivity index (χ1) is 6.82. The smallest absolute Gasteiger partial charge is 0.195 e. The molecule has 0 amide bonds. The Balaban J connectivity index is 4.43. The van der Waals surface area contributed by atoms with E-state index in [-0.39, 0.29) is 6.54 Å². The van der Waals surface area contributed by atoms with Crippen LogP contribution < -0.4 is 5.73 Å². The minimum atomic E-state index is -1.96. The summed E-state index contributed by atoms with van der Waals surface area (Å²) in [5.74, 6) is -1.18. The van der Waals surface area contributed by atoms with Gasteiger partial charge in [-0.2, -0.15) is 0 Å². The van der Waals surface area contributed by atoms with Crippen LogP contribution in [0.3, 0.4) is 0 Å². The Hall–Kier alpha value is -0.570. The van der Waals surface area contributed by atoms with Gasteiger partial charge in [-0.1, -0.05) is 0 Å². The van der Waals surface area contributed by atoms with Gasteiger partial charge in [0.15, 0.2) is 5.78 Å². The van der Waals surface area contributed by atoms with Crippen molar-refractivity contribution in [2.24, 2.45) is 5.73 Å². The van der Waals surface area contributed by atoms with Crippen molar-refractivity contribution in [3.8, 4) is 0 Å². The Morgan fingerprint density at radius 2 is 1.60 bits per heavy atom. The van der Waals surface area contributed by atoms with Crippen molar-refractivity contribution in [2.45, 2.75) is 37.4 Å². The Bertz CT molecular complexity index is 209. The Labute approximate surface area is 86.8 Å². The SMILES string of the molecule is CC(O)C(O)[C@@H](O)C(=O)[C@H](O)[C@@H](O)CN. The molecule has 0 aliphatic carbocycles. The zero-order valence-electron chi connectivity index (χ0n) is 8.32. The van der Waals surface area contributed by atoms with Crippen LogP contribution in [0.5, 0.6) is 0 Å². The molecule has 0 heterocycles. The van der Waals surface area contributed by atoms with Crippen molar-refractivity contribution >= 4 is 5.78 Å². The minimum Gasteiger partial charge on any atom is -0.391 e. The number of carbonyl (C=O) groups excluding carboxylic acids is 1. The number of hydrogen-bond donors (Lipinski definition) is 6. The van der Waals surface area contributed by atoms with Gasteiger partial charge in [0, 0.05) is 6.54 Å². The second-order valence-electron chi connectivity index (χ2n) is 3.33. The van der Waals surface area contributed by atoms with E-state index in [4.69, 9.17) is 26.2 Å². The lowest BCUT2D eigenvalue weighted by atomic mass is 9.99. The predicted octanol–water partition coefficient (Wildman–Crippen LogP) is -3.66. The summed E-state index contributed by atoms with van der Waals surface area (Å²) in [6, 6.07) is 0. The van der Waals surface area contributed by atoms with Gasteiger partial charge in [0.05, 0.1) is 12.2 Å². The van der Waals surface area contributed by atoms with Crippen LogP contribution in [0.25, 0.3) is 0 Å². The summed E-state index contributed by atoms with van der Waals surface area (Å²) in [5.41, 5.74) is 4.99. The highest BCUT2D eigenvalue weighted by Crippen LogP contribution is 2.05. The van der Waals surface area contributed by atoms with Crippen LogP contribution in [0.15, 0.2) is 0 Å². The predicted molar refractivity (Wildman–Crippen MR) is 49.8 cm³/mol. The molecule has 0 radical (unpaired) electrons. The number of carbonyl (C=O) groups is 1. The number of Topliss-reactive ketones (excluding diaryl/α,β-unsaturated/α-hetero) is 1. The number of aliphatic hydroxyl groups is 5. The molecule has 0 saturated heterocycles. The monoisotopic (exact) mass is 223 g/mol. The summed E-state index contributed by atoms with van der Waals surface area (Å²) in [6.45, 7) is 0.817. The average molecular weight is 223 g/mol. The molecular formula is C8H17NO6. The zero-order chi connectivity index (χ0) is 12.2. The van der Waals surface area contributed by atoms with Crippen molar-refractivity contribution in [3.63, 3.8) is 0 Å². The molecule has 0 spiro atoms. The lowest BCUT2D eigenvalue weighted by Crippen LogP contribution is -2.50. The lowest BCUT2D eigenvalue weighted by Gasteiger charge is -2.23. The minimum absolute atomic E-state index is 0.357. The zero-order valence-corrected chi connectivity index (χ0v) is 8.32. The van der Waals surface area contributed by atoms with Gasteiger partial charge in [-0.15, -0.1) is 0 Å². The van der Waals surface area contributed by atoms with Crippen molar-refractivity contribution in [3.05, 3.63) is 0 Å². The molecule has 0 rings (SSSR count). The Kier molecular flexibility index (Phi) is 5.88. The van der Waals surface area contributed by atoms with E-state index in [0.29, 0.717) is 0 Å². The molecule has 5 atom stereocenters. The lowest BCUT2D eigenvalue weighted by molar-refractivity contribution is -0.151. The van der Waals surface area contributed by atoms with Gasteiger partial charge in [0.1, 0.15) is 18.3 Å². The molecule has 90 valence electrons. The molecule has 7 nitrogen and oxygen atoms in total. The van der Waals surface area contributed by atoms with Crippen LogP contribution in [0.4, 0.5) is 0 Å². The van der Waals surface area contributed by atoms with Crippen LogP contribution in [0.2, 0.25) is 0 Å². The first kappa shape index (κ1) is 14.4. The summed E-state index contributed by atoms with van der Waals surface area (Å²) in [6.07, 6.45) is -8.38. The second kappa shape index (κ2) is 6.11. The summed E-state index contributed by atoms with van der Waals surface area (Å²) < 4.78 is 0. The van der Waals surface area contributed by atoms with E-state index >= 15 is 0 Å². The van der Waals surface area contributed by atoms with Crippen LogP contribution >= 0.6 is 0 Å². The van der Waals surface area contributed by atoms with Gasteiger partial charge < -0.3 is 31.3 Å². The van der Waals surface area contributed by atoms with Crippen molar-refractivity contribution in [1.82, 2.24) is 0 Å². The second-order valence-corrected chi connectivity index (χ2v) is 3.33. The van der Waals surface area contributed by atoms with Crippen molar-refractivity contribution < 1.29 is 30.3 Å². The van der Waals surface area contributed by atoms with Gasteiger partial charge in [0.25, 0.3) is 0 Å². The highest BCUT2D eigenvalue weighted by atomic mass is 16.4. The highest BCUT2D eigenvalue weighted by Gasteiger charge is 2.34. The number of rotatable bonds is 6. The quantitative estimate of drug-likeness (QED) is 0.272. The molecule has 0 aromatic rings. The number of nitrogens with two attached hydrogens (primary N) is 1. The molecule has 0 bridgehead atoms. The maximum atomic E-state index is 11.2. The molecule has 7 N–H and O–H groups in total. The van der Waals surface area contributed by atoms with E-state index in [0.717, 1.165) is 0 Å². The topological polar surface area (TPSA) is 144 Å². The molecule has 0 aromatic carbocycles. The maximum absolute atomic E-state index is 11.2. The van der Waals surface area contributed by atoms with Crippen molar-refractivity contribution in [2.75, 3.05) is 6.54 Å². The van der Waals surface area contributed by atoms with Gasteiger partial charge in [-0.3, -0.25) is 4.79 Å². The van der Waals surface area contributed by atoms with Crippen LogP contribution in [-0.4, -0.2) is 68.4 Å². The molecule has 0 saturated carbocycles. The number of hydrogen-bond acceptors (Lipinski definition) is 7. The fourth-order valence-corrected chi connectivity index (χ4v) is 0.926. The Morgan fingerprint density at radius 1 is 1.13 bits per heavy atom. The first-order valence-electron chi connectivity index (χ1n) is 4.47. The van der Waals surface area contributed by atoms with E-state index in [1.54, 1.807) is 0 Å². The fourth-order valence-electron chi connectivity index (χ4n) is 0.926. The van der Waals surface area contributed by atoms with Crippen LogP contribution in [0, 0.1) is 0 Å². The molecule has 15 heavy (non-hydrogen) atoms. The molecule has 7 heteroatoms. The first-order valence-corrected chi connectivity index (χ1v) is 4.47. The normalized spacial score (nSPS) is 21.5. The molecule has 0 aliphatic heterocycles.